The number of nitrogens with two attached hydrogens (primary N) is 1. The van der Waals surface area contributed by atoms with Crippen molar-refractivity contribution in [1.82, 2.24) is 0 Å². The molecule has 76 valence electrons. The van der Waals surface area contributed by atoms with Gasteiger partial charge in [-0.2, -0.15) is 0 Å². The minimum atomic E-state index is -2.80. The lowest BCUT2D eigenvalue weighted by molar-refractivity contribution is 1.50. The van der Waals surface area contributed by atoms with E-state index in [1.165, 1.54) is 0 Å². The Kier molecular flexibility index (Phi) is 4.63. The quantitative estimate of drug-likeness (QED) is 0.550. The topological polar surface area (TPSA) is 100 Å². The van der Waals surface area contributed by atoms with Crippen molar-refractivity contribution in [3.63, 3.8) is 0 Å². The van der Waals surface area contributed by atoms with Crippen LogP contribution in [0.15, 0.2) is 28.3 Å². The van der Waals surface area contributed by atoms with Crippen LogP contribution in [0.2, 0.25) is 0 Å². The van der Waals surface area contributed by atoms with Crippen molar-refractivity contribution in [2.45, 2.75) is 0 Å². The summed E-state index contributed by atoms with van der Waals surface area (Å²) >= 11 is 0. The lowest BCUT2D eigenvalue weighted by Crippen LogP contribution is -1.93. The molecule has 0 saturated carbocycles. The van der Waals surface area contributed by atoms with Crippen LogP contribution >= 0.6 is 15.4 Å². The van der Waals surface area contributed by atoms with Crippen LogP contribution in [0.25, 0.3) is 0 Å². The molecule has 0 fully saturated rings. The van der Waals surface area contributed by atoms with Crippen molar-refractivity contribution in [2.75, 3.05) is 0 Å². The molecular formula is C5H12N7P2+. The van der Waals surface area contributed by atoms with Crippen LogP contribution in [-0.2, 0) is 0 Å². The van der Waals surface area contributed by atoms with E-state index in [2.05, 4.69) is 61.9 Å². The molecule has 0 aromatic rings. The molecule has 0 aliphatic rings. The maximum atomic E-state index is 5.66. The average Bonchev–Trinajstić information content (AvgIpc) is 2.26. The highest BCUT2D eigenvalue weighted by Gasteiger charge is 2.35. The van der Waals surface area contributed by atoms with Gasteiger partial charge in [-0.3, -0.25) is 0 Å². The molecule has 0 spiro atoms. The van der Waals surface area contributed by atoms with E-state index in [4.69, 9.17) is 5.50 Å². The molecule has 2 N–H and O–H groups in total. The Balaban J connectivity index is 5.60. The molecule has 14 heavy (non-hydrogen) atoms. The third kappa shape index (κ3) is 2.73. The Bertz CT molecular complexity index is 296. The van der Waals surface area contributed by atoms with E-state index < -0.39 is 15.4 Å². The molecule has 0 rings (SSSR count). The Morgan fingerprint density at radius 1 is 0.857 bits per heavy atom. The first kappa shape index (κ1) is 13.0. The highest BCUT2D eigenvalue weighted by Crippen LogP contribution is 2.67. The first-order valence-corrected chi connectivity index (χ1v) is 6.56. The first-order valence-electron chi connectivity index (χ1n) is 3.24. The van der Waals surface area contributed by atoms with E-state index in [0.29, 0.717) is 0 Å². The summed E-state index contributed by atoms with van der Waals surface area (Å²) in [6.07, 6.45) is 0. The molecular weight excluding hydrogens is 220 g/mol. The average molecular weight is 232 g/mol. The summed E-state index contributed by atoms with van der Waals surface area (Å²) in [5, 5.41) is 0. The largest absolute Gasteiger partial charge is 0.444 e. The lowest BCUT2D eigenvalue weighted by Gasteiger charge is -2.07. The standard InChI is InChI=1S/C5H12N7P2/c1-7-13(6,8-2)12-14(9-3,10-4)11-5/h1-6H2/q+1. The zero-order chi connectivity index (χ0) is 11.2. The Morgan fingerprint density at radius 3 is 1.43 bits per heavy atom. The van der Waals surface area contributed by atoms with E-state index in [1.54, 1.807) is 0 Å². The van der Waals surface area contributed by atoms with Crippen LogP contribution in [-0.4, -0.2) is 33.6 Å². The van der Waals surface area contributed by atoms with Gasteiger partial charge < -0.3 is 0 Å². The molecule has 0 aromatic carbocycles. The van der Waals surface area contributed by atoms with Crippen LogP contribution in [0, 0.1) is 0 Å². The SMILES string of the molecule is C=NP(N=C)(N=C)=N[P+](N)(N=C)N=C. The van der Waals surface area contributed by atoms with Gasteiger partial charge >= 0.3 is 15.4 Å². The van der Waals surface area contributed by atoms with Gasteiger partial charge in [0.05, 0.1) is 0 Å². The number of hydrogen-bond donors (Lipinski definition) is 1. The zero-order valence-corrected chi connectivity index (χ0v) is 9.48. The molecule has 0 heterocycles. The van der Waals surface area contributed by atoms with E-state index in [9.17, 15) is 0 Å². The van der Waals surface area contributed by atoms with Gasteiger partial charge in [0.15, 0.2) is 0 Å². The summed E-state index contributed by atoms with van der Waals surface area (Å²) in [7, 11) is -5.57. The number of hydrogen-bond acceptors (Lipinski definition) is 4. The van der Waals surface area contributed by atoms with Gasteiger partial charge in [-0.25, -0.2) is 14.3 Å². The van der Waals surface area contributed by atoms with Crippen LogP contribution in [0.5, 0.6) is 0 Å². The van der Waals surface area contributed by atoms with Crippen LogP contribution in [0.4, 0.5) is 0 Å². The second-order valence-electron chi connectivity index (χ2n) is 1.95. The summed E-state index contributed by atoms with van der Waals surface area (Å²) in [6.45, 7) is 16.4. The summed E-state index contributed by atoms with van der Waals surface area (Å²) in [5.74, 6) is 0. The minimum Gasteiger partial charge on any atom is -0.218 e. The molecule has 0 unspecified atom stereocenters. The van der Waals surface area contributed by atoms with Crippen molar-refractivity contribution >= 4 is 49.0 Å². The van der Waals surface area contributed by atoms with Gasteiger partial charge in [0.25, 0.3) is 0 Å². The molecule has 0 radical (unpaired) electrons. The molecule has 0 aromatic heterocycles. The van der Waals surface area contributed by atoms with Crippen molar-refractivity contribution in [1.29, 1.82) is 0 Å². The molecule has 0 saturated heterocycles. The van der Waals surface area contributed by atoms with Crippen molar-refractivity contribution in [3.8, 4) is 0 Å². The fourth-order valence-corrected chi connectivity index (χ4v) is 3.40. The zero-order valence-electron chi connectivity index (χ0n) is 7.69. The van der Waals surface area contributed by atoms with Gasteiger partial charge in [-0.05, 0) is 24.7 Å². The summed E-state index contributed by atoms with van der Waals surface area (Å²) in [6, 6.07) is 0. The normalized spacial score (nSPS) is 11.2. The van der Waals surface area contributed by atoms with Gasteiger partial charge in [0.1, 0.15) is 0 Å². The third-order valence-corrected chi connectivity index (χ3v) is 5.22. The highest BCUT2D eigenvalue weighted by atomic mass is 31.2. The van der Waals surface area contributed by atoms with E-state index in [-0.39, 0.29) is 0 Å². The van der Waals surface area contributed by atoms with Crippen molar-refractivity contribution in [3.05, 3.63) is 0 Å². The number of nitrogens with zero attached hydrogens (tertiary/aromatic N) is 6. The molecule has 0 aliphatic heterocycles. The molecule has 0 atom stereocenters. The maximum Gasteiger partial charge on any atom is 0.444 e. The Hall–Kier alpha value is -1.03. The smallest absolute Gasteiger partial charge is 0.218 e. The van der Waals surface area contributed by atoms with Gasteiger partial charge in [0.2, 0.25) is 0 Å². The van der Waals surface area contributed by atoms with Crippen molar-refractivity contribution in [2.24, 2.45) is 33.8 Å². The Labute approximate surface area is 83.5 Å². The monoisotopic (exact) mass is 232 g/mol. The van der Waals surface area contributed by atoms with Gasteiger partial charge in [-0.15, -0.1) is 5.50 Å². The lowest BCUT2D eigenvalue weighted by atomic mass is 11.8. The highest BCUT2D eigenvalue weighted by molar-refractivity contribution is 7.78. The summed E-state index contributed by atoms with van der Waals surface area (Å²) in [5.41, 5.74) is 5.66. The number of rotatable bonds is 6. The maximum absolute atomic E-state index is 5.66. The van der Waals surface area contributed by atoms with Gasteiger partial charge in [-0.1, -0.05) is 9.53 Å². The predicted molar refractivity (Wildman–Crippen MR) is 68.2 cm³/mol. The first-order chi connectivity index (χ1) is 6.51. The van der Waals surface area contributed by atoms with Crippen molar-refractivity contribution < 1.29 is 0 Å². The Morgan fingerprint density at radius 2 is 1.21 bits per heavy atom. The molecule has 0 amide bonds. The van der Waals surface area contributed by atoms with Crippen LogP contribution < -0.4 is 5.50 Å². The molecule has 9 heteroatoms. The van der Waals surface area contributed by atoms with Gasteiger partial charge in [0, 0.05) is 13.4 Å². The summed E-state index contributed by atoms with van der Waals surface area (Å²) in [4.78, 5) is 0. The second kappa shape index (κ2) is 5.00. The van der Waals surface area contributed by atoms with Crippen LogP contribution in [0.1, 0.15) is 0 Å². The third-order valence-electron chi connectivity index (χ3n) is 1.24. The minimum absolute atomic E-state index is 2.77. The summed E-state index contributed by atoms with van der Waals surface area (Å²) < 4.78 is 22.1. The van der Waals surface area contributed by atoms with E-state index in [0.717, 1.165) is 0 Å². The second-order valence-corrected chi connectivity index (χ2v) is 6.38. The van der Waals surface area contributed by atoms with E-state index in [1.807, 2.05) is 0 Å². The molecule has 0 bridgehead atoms. The fraction of sp³-hybridized carbons (Fsp3) is 0. The molecule has 0 aliphatic carbocycles. The fourth-order valence-electron chi connectivity index (χ4n) is 0.497. The predicted octanol–water partition coefficient (Wildman–Crippen LogP) is 2.07. The molecule has 7 nitrogen and oxygen atoms in total. The van der Waals surface area contributed by atoms with E-state index >= 15 is 0 Å². The van der Waals surface area contributed by atoms with Crippen LogP contribution in [0.3, 0.4) is 0 Å².